The van der Waals surface area contributed by atoms with Gasteiger partial charge in [0, 0.05) is 49.8 Å². The lowest BCUT2D eigenvalue weighted by Gasteiger charge is -2.32. The molecule has 2 aliphatic rings. The predicted octanol–water partition coefficient (Wildman–Crippen LogP) is 2.64. The van der Waals surface area contributed by atoms with E-state index in [-0.39, 0.29) is 12.1 Å². The largest absolute Gasteiger partial charge is 0.486 e. The normalized spacial score (nSPS) is 17.3. The summed E-state index contributed by atoms with van der Waals surface area (Å²) < 4.78 is 11.0. The van der Waals surface area contributed by atoms with Crippen molar-refractivity contribution < 1.29 is 14.3 Å². The highest BCUT2D eigenvalue weighted by molar-refractivity contribution is 5.89. The number of benzene rings is 1. The Labute approximate surface area is 158 Å². The number of aromatic nitrogens is 1. The molecule has 0 unspecified atom stereocenters. The molecule has 0 radical (unpaired) electrons. The Morgan fingerprint density at radius 2 is 1.81 bits per heavy atom. The molecule has 1 aromatic heterocycles. The molecule has 27 heavy (non-hydrogen) atoms. The van der Waals surface area contributed by atoms with Gasteiger partial charge >= 0.3 is 6.03 Å². The first kappa shape index (κ1) is 17.6. The minimum Gasteiger partial charge on any atom is -0.486 e. The maximum atomic E-state index is 12.3. The second kappa shape index (κ2) is 8.26. The van der Waals surface area contributed by atoms with Crippen molar-refractivity contribution in [1.82, 2.24) is 15.2 Å². The van der Waals surface area contributed by atoms with Gasteiger partial charge in [-0.3, -0.25) is 9.88 Å². The molecule has 3 heterocycles. The zero-order valence-electron chi connectivity index (χ0n) is 15.2. The number of anilines is 1. The molecule has 7 nitrogen and oxygen atoms in total. The summed E-state index contributed by atoms with van der Waals surface area (Å²) in [7, 11) is 0. The number of hydrogen-bond acceptors (Lipinski definition) is 5. The molecule has 1 fully saturated rings. The molecular formula is C20H24N4O3. The van der Waals surface area contributed by atoms with E-state index in [0.29, 0.717) is 30.4 Å². The Morgan fingerprint density at radius 1 is 1.07 bits per heavy atom. The molecule has 0 aliphatic carbocycles. The van der Waals surface area contributed by atoms with Crippen molar-refractivity contribution in [2.75, 3.05) is 31.6 Å². The average molecular weight is 368 g/mol. The van der Waals surface area contributed by atoms with Crippen LogP contribution in [0.1, 0.15) is 18.4 Å². The Morgan fingerprint density at radius 3 is 2.59 bits per heavy atom. The first-order chi connectivity index (χ1) is 13.3. The molecule has 0 bridgehead atoms. The van der Waals surface area contributed by atoms with Crippen LogP contribution in [-0.4, -0.2) is 48.3 Å². The molecule has 2 aliphatic heterocycles. The van der Waals surface area contributed by atoms with Crippen molar-refractivity contribution in [2.24, 2.45) is 0 Å². The number of hydrogen-bond donors (Lipinski definition) is 2. The van der Waals surface area contributed by atoms with E-state index in [9.17, 15) is 4.79 Å². The van der Waals surface area contributed by atoms with Gasteiger partial charge in [0.05, 0.1) is 0 Å². The van der Waals surface area contributed by atoms with Gasteiger partial charge < -0.3 is 20.1 Å². The Kier molecular flexibility index (Phi) is 5.39. The fraction of sp³-hybridized carbons (Fsp3) is 0.400. The van der Waals surface area contributed by atoms with Gasteiger partial charge in [0.25, 0.3) is 0 Å². The van der Waals surface area contributed by atoms with Crippen LogP contribution in [0, 0.1) is 0 Å². The van der Waals surface area contributed by atoms with Crippen molar-refractivity contribution in [1.29, 1.82) is 0 Å². The van der Waals surface area contributed by atoms with Gasteiger partial charge in [-0.15, -0.1) is 0 Å². The van der Waals surface area contributed by atoms with Gasteiger partial charge in [-0.1, -0.05) is 0 Å². The highest BCUT2D eigenvalue weighted by Crippen LogP contribution is 2.32. The summed E-state index contributed by atoms with van der Waals surface area (Å²) in [5, 5.41) is 5.96. The van der Waals surface area contributed by atoms with E-state index in [0.717, 1.165) is 32.5 Å². The second-order valence-electron chi connectivity index (χ2n) is 6.86. The second-order valence-corrected chi connectivity index (χ2v) is 6.86. The number of carbonyl (C=O) groups excluding carboxylic acids is 1. The van der Waals surface area contributed by atoms with E-state index in [1.807, 2.05) is 36.7 Å². The highest BCUT2D eigenvalue weighted by Gasteiger charge is 2.21. The zero-order chi connectivity index (χ0) is 18.5. The minimum atomic E-state index is -0.181. The van der Waals surface area contributed by atoms with Gasteiger partial charge in [0.2, 0.25) is 0 Å². The summed E-state index contributed by atoms with van der Waals surface area (Å²) >= 11 is 0. The van der Waals surface area contributed by atoms with Crippen LogP contribution in [0.4, 0.5) is 10.5 Å². The van der Waals surface area contributed by atoms with Gasteiger partial charge in [0.1, 0.15) is 13.2 Å². The average Bonchev–Trinajstić information content (AvgIpc) is 2.70. The van der Waals surface area contributed by atoms with Crippen LogP contribution in [0.5, 0.6) is 11.5 Å². The molecule has 0 saturated carbocycles. The summed E-state index contributed by atoms with van der Waals surface area (Å²) in [5.41, 5.74) is 1.97. The van der Waals surface area contributed by atoms with Crippen LogP contribution in [-0.2, 0) is 6.54 Å². The molecule has 0 atom stereocenters. The maximum absolute atomic E-state index is 12.3. The third-order valence-electron chi connectivity index (χ3n) is 4.88. The quantitative estimate of drug-likeness (QED) is 0.868. The molecule has 1 saturated heterocycles. The summed E-state index contributed by atoms with van der Waals surface area (Å²) in [6.45, 7) is 3.95. The molecule has 4 rings (SSSR count). The summed E-state index contributed by atoms with van der Waals surface area (Å²) in [6.07, 6.45) is 5.54. The van der Waals surface area contributed by atoms with Crippen LogP contribution in [0.3, 0.4) is 0 Å². The van der Waals surface area contributed by atoms with Gasteiger partial charge in [0.15, 0.2) is 11.5 Å². The molecule has 7 heteroatoms. The van der Waals surface area contributed by atoms with Crippen LogP contribution in [0.25, 0.3) is 0 Å². The number of likely N-dealkylation sites (tertiary alicyclic amines) is 1. The number of piperidine rings is 1. The molecular weight excluding hydrogens is 344 g/mol. The van der Waals surface area contributed by atoms with Crippen molar-refractivity contribution in [2.45, 2.75) is 25.4 Å². The maximum Gasteiger partial charge on any atom is 0.319 e. The lowest BCUT2D eigenvalue weighted by molar-refractivity contribution is 0.171. The Balaban J connectivity index is 1.24. The monoisotopic (exact) mass is 368 g/mol. The van der Waals surface area contributed by atoms with E-state index in [1.54, 1.807) is 6.07 Å². The first-order valence-corrected chi connectivity index (χ1v) is 9.35. The Hall–Kier alpha value is -2.80. The first-order valence-electron chi connectivity index (χ1n) is 9.35. The van der Waals surface area contributed by atoms with E-state index in [4.69, 9.17) is 9.47 Å². The minimum absolute atomic E-state index is 0.181. The van der Waals surface area contributed by atoms with E-state index in [2.05, 4.69) is 20.5 Å². The number of nitrogens with zero attached hydrogens (tertiary/aromatic N) is 2. The summed E-state index contributed by atoms with van der Waals surface area (Å²) in [6, 6.07) is 9.54. The number of nitrogens with one attached hydrogen (secondary N) is 2. The van der Waals surface area contributed by atoms with E-state index >= 15 is 0 Å². The van der Waals surface area contributed by atoms with Crippen LogP contribution in [0.15, 0.2) is 42.7 Å². The number of fused-ring (bicyclic) bond motifs is 1. The molecule has 2 aromatic rings. The van der Waals surface area contributed by atoms with Crippen molar-refractivity contribution in [3.63, 3.8) is 0 Å². The summed E-state index contributed by atoms with van der Waals surface area (Å²) in [5.74, 6) is 1.39. The molecule has 0 spiro atoms. The van der Waals surface area contributed by atoms with Crippen molar-refractivity contribution in [3.8, 4) is 11.5 Å². The zero-order valence-corrected chi connectivity index (χ0v) is 15.2. The van der Waals surface area contributed by atoms with Crippen LogP contribution < -0.4 is 20.1 Å². The Bertz CT molecular complexity index is 776. The fourth-order valence-corrected chi connectivity index (χ4v) is 3.46. The number of carbonyl (C=O) groups is 1. The lowest BCUT2D eigenvalue weighted by atomic mass is 10.0. The van der Waals surface area contributed by atoms with Gasteiger partial charge in [-0.2, -0.15) is 0 Å². The molecule has 2 N–H and O–H groups in total. The van der Waals surface area contributed by atoms with Crippen LogP contribution in [0.2, 0.25) is 0 Å². The molecule has 2 amide bonds. The van der Waals surface area contributed by atoms with E-state index < -0.39 is 0 Å². The number of rotatable bonds is 4. The van der Waals surface area contributed by atoms with Crippen LogP contribution >= 0.6 is 0 Å². The standard InChI is InChI=1S/C20H24N4O3/c25-20(23-17-1-2-18-19(13-17)27-12-11-26-18)22-16-5-9-24(10-6-16)14-15-3-7-21-8-4-15/h1-4,7-8,13,16H,5-6,9-12,14H2,(H2,22,23,25). The predicted molar refractivity (Wildman–Crippen MR) is 102 cm³/mol. The topological polar surface area (TPSA) is 75.7 Å². The number of pyridine rings is 1. The summed E-state index contributed by atoms with van der Waals surface area (Å²) in [4.78, 5) is 18.8. The molecule has 142 valence electrons. The number of ether oxygens (including phenoxy) is 2. The lowest BCUT2D eigenvalue weighted by Crippen LogP contribution is -2.45. The van der Waals surface area contributed by atoms with Gasteiger partial charge in [-0.05, 0) is 42.7 Å². The van der Waals surface area contributed by atoms with Gasteiger partial charge in [-0.25, -0.2) is 4.79 Å². The third-order valence-corrected chi connectivity index (χ3v) is 4.88. The highest BCUT2D eigenvalue weighted by atomic mass is 16.6. The molecule has 1 aromatic carbocycles. The third kappa shape index (κ3) is 4.68. The fourth-order valence-electron chi connectivity index (χ4n) is 3.46. The number of amides is 2. The van der Waals surface area contributed by atoms with E-state index in [1.165, 1.54) is 5.56 Å². The van der Waals surface area contributed by atoms with Crippen molar-refractivity contribution in [3.05, 3.63) is 48.3 Å². The smallest absolute Gasteiger partial charge is 0.319 e. The van der Waals surface area contributed by atoms with Crippen molar-refractivity contribution >= 4 is 11.7 Å². The SMILES string of the molecule is O=C(Nc1ccc2c(c1)OCCO2)NC1CCN(Cc2ccncc2)CC1. The number of urea groups is 1.